The van der Waals surface area contributed by atoms with E-state index >= 15 is 0 Å². The molecule has 1 saturated heterocycles. The lowest BCUT2D eigenvalue weighted by Gasteiger charge is -2.39. The summed E-state index contributed by atoms with van der Waals surface area (Å²) in [5, 5.41) is 70.1. The molecule has 170 valence electrons. The van der Waals surface area contributed by atoms with Crippen molar-refractivity contribution < 1.29 is 54.8 Å². The molecular formula is C21H20O11. The van der Waals surface area contributed by atoms with E-state index < -0.39 is 82.8 Å². The predicted octanol–water partition coefficient (Wildman–Crippen LogP) is -0.934. The molecule has 2 aromatic carbocycles. The van der Waals surface area contributed by atoms with Crippen LogP contribution in [0.5, 0.6) is 23.0 Å². The molecule has 2 aliphatic rings. The lowest BCUT2D eigenvalue weighted by molar-refractivity contribution is -0.277. The van der Waals surface area contributed by atoms with Crippen LogP contribution in [-0.4, -0.2) is 84.6 Å². The van der Waals surface area contributed by atoms with Gasteiger partial charge in [-0.05, 0) is 25.1 Å². The highest BCUT2D eigenvalue weighted by Crippen LogP contribution is 2.44. The summed E-state index contributed by atoms with van der Waals surface area (Å²) in [5.41, 5.74) is -1.64. The number of aliphatic hydroxyl groups excluding tert-OH is 4. The Morgan fingerprint density at radius 1 is 0.906 bits per heavy atom. The fourth-order valence-corrected chi connectivity index (χ4v) is 3.86. The molecule has 0 aromatic heterocycles. The molecule has 32 heavy (non-hydrogen) atoms. The molecule has 0 saturated carbocycles. The molecule has 11 heteroatoms. The Bertz CT molecular complexity index is 1120. The van der Waals surface area contributed by atoms with Gasteiger partial charge < -0.3 is 45.2 Å². The second-order valence-electron chi connectivity index (χ2n) is 7.60. The van der Waals surface area contributed by atoms with E-state index in [9.17, 15) is 45.3 Å². The van der Waals surface area contributed by atoms with E-state index in [-0.39, 0.29) is 16.9 Å². The molecular weight excluding hydrogens is 428 g/mol. The average Bonchev–Trinajstić information content (AvgIpc) is 2.76. The SMILES string of the molecule is Cc1c(O[C@H]2O[C@@H](CO)[C@H](O)[C@@H](O)[C@@H]2O)cc2c(c1O)C(=O)c1c(O)ccc(O)c1C2=O. The highest BCUT2D eigenvalue weighted by atomic mass is 16.7. The largest absolute Gasteiger partial charge is 0.507 e. The third-order valence-corrected chi connectivity index (χ3v) is 5.69. The number of rotatable bonds is 3. The number of hydrogen-bond donors (Lipinski definition) is 7. The lowest BCUT2D eigenvalue weighted by Crippen LogP contribution is -2.60. The summed E-state index contributed by atoms with van der Waals surface area (Å²) in [6.07, 6.45) is -7.92. The zero-order chi connectivity index (χ0) is 23.5. The first-order chi connectivity index (χ1) is 15.1. The Morgan fingerprint density at radius 3 is 2.09 bits per heavy atom. The zero-order valence-corrected chi connectivity index (χ0v) is 16.6. The topological polar surface area (TPSA) is 194 Å². The van der Waals surface area contributed by atoms with E-state index in [2.05, 4.69) is 0 Å². The summed E-state index contributed by atoms with van der Waals surface area (Å²) in [7, 11) is 0. The molecule has 0 amide bonds. The van der Waals surface area contributed by atoms with Crippen molar-refractivity contribution in [3.63, 3.8) is 0 Å². The molecule has 1 aliphatic heterocycles. The van der Waals surface area contributed by atoms with Gasteiger partial charge in [-0.3, -0.25) is 9.59 Å². The van der Waals surface area contributed by atoms with Gasteiger partial charge in [-0.25, -0.2) is 0 Å². The maximum absolute atomic E-state index is 13.0. The minimum absolute atomic E-state index is 0.0232. The molecule has 5 atom stereocenters. The summed E-state index contributed by atoms with van der Waals surface area (Å²) in [6, 6.07) is 3.19. The van der Waals surface area contributed by atoms with Crippen molar-refractivity contribution in [2.45, 2.75) is 37.6 Å². The van der Waals surface area contributed by atoms with Gasteiger partial charge in [0.15, 0.2) is 5.78 Å². The van der Waals surface area contributed by atoms with Crippen molar-refractivity contribution in [2.24, 2.45) is 0 Å². The summed E-state index contributed by atoms with van der Waals surface area (Å²) in [5.74, 6) is -3.66. The van der Waals surface area contributed by atoms with Crippen LogP contribution in [0.3, 0.4) is 0 Å². The molecule has 0 radical (unpaired) electrons. The van der Waals surface area contributed by atoms with Gasteiger partial charge in [-0.15, -0.1) is 0 Å². The Morgan fingerprint density at radius 2 is 1.50 bits per heavy atom. The highest BCUT2D eigenvalue weighted by Gasteiger charge is 2.45. The first-order valence-electron chi connectivity index (χ1n) is 9.56. The van der Waals surface area contributed by atoms with Crippen LogP contribution in [0.25, 0.3) is 0 Å². The number of carbonyl (C=O) groups is 2. The van der Waals surface area contributed by atoms with Crippen LogP contribution in [0.2, 0.25) is 0 Å². The van der Waals surface area contributed by atoms with Gasteiger partial charge in [0, 0.05) is 11.1 Å². The van der Waals surface area contributed by atoms with Crippen LogP contribution in [0.1, 0.15) is 37.4 Å². The number of hydrogen-bond acceptors (Lipinski definition) is 11. The van der Waals surface area contributed by atoms with Crippen molar-refractivity contribution in [3.8, 4) is 23.0 Å². The minimum Gasteiger partial charge on any atom is -0.507 e. The van der Waals surface area contributed by atoms with Crippen LogP contribution < -0.4 is 4.74 Å². The van der Waals surface area contributed by atoms with E-state index in [1.807, 2.05) is 0 Å². The van der Waals surface area contributed by atoms with Gasteiger partial charge in [-0.1, -0.05) is 0 Å². The van der Waals surface area contributed by atoms with E-state index in [1.54, 1.807) is 0 Å². The van der Waals surface area contributed by atoms with Crippen LogP contribution in [0, 0.1) is 6.92 Å². The lowest BCUT2D eigenvalue weighted by atomic mass is 9.81. The van der Waals surface area contributed by atoms with E-state index in [1.165, 1.54) is 6.92 Å². The fraction of sp³-hybridized carbons (Fsp3) is 0.333. The molecule has 11 nitrogen and oxygen atoms in total. The molecule has 0 bridgehead atoms. The first kappa shape index (κ1) is 22.0. The number of carbonyl (C=O) groups excluding carboxylic acids is 2. The van der Waals surface area contributed by atoms with Crippen LogP contribution >= 0.6 is 0 Å². The van der Waals surface area contributed by atoms with Crippen LogP contribution in [0.15, 0.2) is 18.2 Å². The Kier molecular flexibility index (Phi) is 5.31. The second kappa shape index (κ2) is 7.73. The number of ether oxygens (including phenoxy) is 2. The molecule has 1 fully saturated rings. The number of phenolic OH excluding ortho intramolecular Hbond substituents is 3. The summed E-state index contributed by atoms with van der Waals surface area (Å²) >= 11 is 0. The smallest absolute Gasteiger partial charge is 0.229 e. The van der Waals surface area contributed by atoms with Gasteiger partial charge in [0.05, 0.1) is 23.3 Å². The van der Waals surface area contributed by atoms with Gasteiger partial charge in [-0.2, -0.15) is 0 Å². The average molecular weight is 448 g/mol. The minimum atomic E-state index is -1.75. The van der Waals surface area contributed by atoms with Crippen LogP contribution in [0.4, 0.5) is 0 Å². The van der Waals surface area contributed by atoms with Gasteiger partial charge in [0.2, 0.25) is 12.1 Å². The van der Waals surface area contributed by atoms with E-state index in [0.717, 1.165) is 18.2 Å². The quantitative estimate of drug-likeness (QED) is 0.245. The van der Waals surface area contributed by atoms with Gasteiger partial charge >= 0.3 is 0 Å². The molecule has 0 spiro atoms. The second-order valence-corrected chi connectivity index (χ2v) is 7.60. The normalized spacial score (nSPS) is 27.1. The highest BCUT2D eigenvalue weighted by molar-refractivity contribution is 6.31. The number of benzene rings is 2. The third-order valence-electron chi connectivity index (χ3n) is 5.69. The van der Waals surface area contributed by atoms with E-state index in [0.29, 0.717) is 0 Å². The number of aliphatic hydroxyl groups is 4. The number of ketones is 2. The van der Waals surface area contributed by atoms with E-state index in [4.69, 9.17) is 9.47 Å². The Labute approximate surface area is 180 Å². The number of phenols is 3. The third kappa shape index (κ3) is 3.10. The maximum atomic E-state index is 13.0. The predicted molar refractivity (Wildman–Crippen MR) is 104 cm³/mol. The molecule has 1 aliphatic carbocycles. The van der Waals surface area contributed by atoms with Crippen molar-refractivity contribution in [1.82, 2.24) is 0 Å². The molecule has 1 heterocycles. The molecule has 4 rings (SSSR count). The first-order valence-corrected chi connectivity index (χ1v) is 9.56. The van der Waals surface area contributed by atoms with Crippen molar-refractivity contribution in [1.29, 1.82) is 0 Å². The molecule has 7 N–H and O–H groups in total. The van der Waals surface area contributed by atoms with Gasteiger partial charge in [0.1, 0.15) is 47.4 Å². The van der Waals surface area contributed by atoms with Crippen molar-refractivity contribution in [2.75, 3.05) is 6.61 Å². The standard InChI is InChI=1S/C21H20O11/c1-6-10(31-21-20(30)19(29)17(27)11(5-22)32-21)4-7-12(15(6)25)18(28)14-9(24)3-2-8(23)13(14)16(7)26/h2-4,11,17,19-25,27,29-30H,5H2,1H3/t11-,17-,19+,20-,21-/m0/s1. The van der Waals surface area contributed by atoms with Gasteiger partial charge in [0.25, 0.3) is 0 Å². The summed E-state index contributed by atoms with van der Waals surface area (Å²) in [6.45, 7) is 0.663. The maximum Gasteiger partial charge on any atom is 0.229 e. The molecule has 2 aromatic rings. The van der Waals surface area contributed by atoms with Crippen molar-refractivity contribution >= 4 is 11.6 Å². The zero-order valence-electron chi connectivity index (χ0n) is 16.6. The Balaban J connectivity index is 1.78. The fourth-order valence-electron chi connectivity index (χ4n) is 3.86. The number of fused-ring (bicyclic) bond motifs is 2. The van der Waals surface area contributed by atoms with Crippen molar-refractivity contribution in [3.05, 3.63) is 46.0 Å². The number of aromatic hydroxyl groups is 3. The molecule has 0 unspecified atom stereocenters. The summed E-state index contributed by atoms with van der Waals surface area (Å²) in [4.78, 5) is 26.0. The van der Waals surface area contributed by atoms with Crippen LogP contribution in [-0.2, 0) is 4.74 Å². The summed E-state index contributed by atoms with van der Waals surface area (Å²) < 4.78 is 10.8. The Hall–Kier alpha value is -3.22. The monoisotopic (exact) mass is 448 g/mol.